The average Bonchev–Trinajstić information content (AvgIpc) is 2.33. The van der Waals surface area contributed by atoms with E-state index in [1.807, 2.05) is 24.3 Å². The Labute approximate surface area is 99.9 Å². The first-order valence-corrected chi connectivity index (χ1v) is 5.46. The molecule has 0 heterocycles. The summed E-state index contributed by atoms with van der Waals surface area (Å²) >= 11 is 0. The van der Waals surface area contributed by atoms with Crippen LogP contribution in [0.4, 0.5) is 4.39 Å². The average molecular weight is 228 g/mol. The molecule has 2 heteroatoms. The van der Waals surface area contributed by atoms with Crippen molar-refractivity contribution in [1.82, 2.24) is 0 Å². The molecule has 0 bridgehead atoms. The van der Waals surface area contributed by atoms with Gasteiger partial charge in [0.15, 0.2) is 5.78 Å². The van der Waals surface area contributed by atoms with Crippen molar-refractivity contribution in [3.8, 4) is 11.1 Å². The van der Waals surface area contributed by atoms with Crippen LogP contribution in [0.15, 0.2) is 42.5 Å². The van der Waals surface area contributed by atoms with Crippen LogP contribution in [-0.2, 0) is 0 Å². The summed E-state index contributed by atoms with van der Waals surface area (Å²) in [5, 5.41) is 0. The Hall–Kier alpha value is -1.96. The topological polar surface area (TPSA) is 17.1 Å². The molecule has 0 aromatic heterocycles. The third-order valence-electron chi connectivity index (χ3n) is 2.86. The maximum Gasteiger partial charge on any atom is 0.160 e. The molecule has 0 aliphatic carbocycles. The van der Waals surface area contributed by atoms with E-state index in [0.717, 1.165) is 11.1 Å². The molecule has 2 aromatic rings. The minimum Gasteiger partial charge on any atom is -0.294 e. The number of rotatable bonds is 2. The molecule has 1 nitrogen and oxygen atoms in total. The minimum absolute atomic E-state index is 0.00994. The number of carbonyl (C=O) groups excluding carboxylic acids is 1. The van der Waals surface area contributed by atoms with Crippen molar-refractivity contribution in [3.05, 3.63) is 59.4 Å². The van der Waals surface area contributed by atoms with Crippen molar-refractivity contribution >= 4 is 5.78 Å². The fraction of sp³-hybridized carbons (Fsp3) is 0.133. The van der Waals surface area contributed by atoms with E-state index in [1.54, 1.807) is 19.1 Å². The van der Waals surface area contributed by atoms with E-state index in [4.69, 9.17) is 0 Å². The monoisotopic (exact) mass is 228 g/mol. The lowest BCUT2D eigenvalue weighted by molar-refractivity contribution is 0.101. The molecule has 0 saturated heterocycles. The molecule has 0 saturated carbocycles. The molecule has 2 rings (SSSR count). The summed E-state index contributed by atoms with van der Waals surface area (Å²) in [5.41, 5.74) is 2.76. The van der Waals surface area contributed by atoms with Gasteiger partial charge in [-0.3, -0.25) is 4.79 Å². The van der Waals surface area contributed by atoms with Crippen LogP contribution in [0, 0.1) is 12.7 Å². The number of halogens is 1. The summed E-state index contributed by atoms with van der Waals surface area (Å²) in [6.07, 6.45) is 0. The first-order valence-electron chi connectivity index (χ1n) is 5.46. The largest absolute Gasteiger partial charge is 0.294 e. The number of hydrogen-bond donors (Lipinski definition) is 0. The van der Waals surface area contributed by atoms with Crippen LogP contribution in [0.1, 0.15) is 22.8 Å². The van der Waals surface area contributed by atoms with Crippen LogP contribution in [-0.4, -0.2) is 5.78 Å². The first kappa shape index (κ1) is 11.5. The Morgan fingerprint density at radius 3 is 2.35 bits per heavy atom. The van der Waals surface area contributed by atoms with E-state index in [1.165, 1.54) is 13.0 Å². The summed E-state index contributed by atoms with van der Waals surface area (Å²) in [6.45, 7) is 3.25. The zero-order chi connectivity index (χ0) is 12.4. The van der Waals surface area contributed by atoms with Gasteiger partial charge in [0.05, 0.1) is 0 Å². The highest BCUT2D eigenvalue weighted by Gasteiger charge is 2.11. The zero-order valence-corrected chi connectivity index (χ0v) is 9.83. The highest BCUT2D eigenvalue weighted by Crippen LogP contribution is 2.28. The fourth-order valence-electron chi connectivity index (χ4n) is 1.92. The Morgan fingerprint density at radius 1 is 1.00 bits per heavy atom. The van der Waals surface area contributed by atoms with E-state index >= 15 is 0 Å². The van der Waals surface area contributed by atoms with Crippen molar-refractivity contribution in [2.45, 2.75) is 13.8 Å². The predicted octanol–water partition coefficient (Wildman–Crippen LogP) is 4.00. The lowest BCUT2D eigenvalue weighted by Crippen LogP contribution is -1.97. The highest BCUT2D eigenvalue weighted by molar-refractivity contribution is 6.01. The van der Waals surface area contributed by atoms with Crippen LogP contribution < -0.4 is 0 Å². The van der Waals surface area contributed by atoms with Gasteiger partial charge in [-0.25, -0.2) is 4.39 Å². The zero-order valence-electron chi connectivity index (χ0n) is 9.83. The Balaban J connectivity index is 2.69. The number of Topliss-reactive ketones (excluding diaryl/α,β-unsaturated/α-hetero) is 1. The molecule has 0 amide bonds. The van der Waals surface area contributed by atoms with Crippen molar-refractivity contribution < 1.29 is 9.18 Å². The number of hydrogen-bond acceptors (Lipinski definition) is 1. The van der Waals surface area contributed by atoms with E-state index < -0.39 is 0 Å². The highest BCUT2D eigenvalue weighted by atomic mass is 19.1. The van der Waals surface area contributed by atoms with Crippen LogP contribution >= 0.6 is 0 Å². The van der Waals surface area contributed by atoms with Crippen LogP contribution in [0.5, 0.6) is 0 Å². The molecule has 0 unspecified atom stereocenters. The van der Waals surface area contributed by atoms with Crippen molar-refractivity contribution in [1.29, 1.82) is 0 Å². The van der Waals surface area contributed by atoms with Crippen molar-refractivity contribution in [3.63, 3.8) is 0 Å². The van der Waals surface area contributed by atoms with Gasteiger partial charge in [-0.1, -0.05) is 36.4 Å². The molecule has 17 heavy (non-hydrogen) atoms. The van der Waals surface area contributed by atoms with Gasteiger partial charge in [-0.05, 0) is 36.6 Å². The Morgan fingerprint density at radius 2 is 1.65 bits per heavy atom. The number of carbonyl (C=O) groups is 1. The summed E-state index contributed by atoms with van der Waals surface area (Å²) in [4.78, 5) is 11.5. The molecule has 0 fully saturated rings. The third kappa shape index (κ3) is 2.11. The number of ketones is 1. The van der Waals surface area contributed by atoms with Gasteiger partial charge in [0.2, 0.25) is 0 Å². The molecule has 0 atom stereocenters. The molecule has 86 valence electrons. The minimum atomic E-state index is -0.249. The van der Waals surface area contributed by atoms with Gasteiger partial charge in [0.1, 0.15) is 5.82 Å². The normalized spacial score (nSPS) is 10.3. The van der Waals surface area contributed by atoms with Gasteiger partial charge in [-0.15, -0.1) is 0 Å². The fourth-order valence-corrected chi connectivity index (χ4v) is 1.92. The summed E-state index contributed by atoms with van der Waals surface area (Å²) in [6, 6.07) is 12.2. The standard InChI is InChI=1S/C15H13FO/c1-10-12(8-5-9-15(10)16)14-7-4-3-6-13(14)11(2)17/h3-9H,1-2H3. The van der Waals surface area contributed by atoms with Gasteiger partial charge in [0, 0.05) is 5.56 Å². The predicted molar refractivity (Wildman–Crippen MR) is 66.6 cm³/mol. The summed E-state index contributed by atoms with van der Waals surface area (Å²) in [5.74, 6) is -0.259. The first-order chi connectivity index (χ1) is 8.11. The molecular formula is C15H13FO. The van der Waals surface area contributed by atoms with Crippen LogP contribution in [0.25, 0.3) is 11.1 Å². The molecule has 0 N–H and O–H groups in total. The van der Waals surface area contributed by atoms with E-state index in [2.05, 4.69) is 0 Å². The van der Waals surface area contributed by atoms with Gasteiger partial charge < -0.3 is 0 Å². The molecular weight excluding hydrogens is 215 g/mol. The number of benzene rings is 2. The molecule has 0 aliphatic rings. The summed E-state index contributed by atoms with van der Waals surface area (Å²) < 4.78 is 13.5. The van der Waals surface area contributed by atoms with Crippen molar-refractivity contribution in [2.75, 3.05) is 0 Å². The lowest BCUT2D eigenvalue weighted by atomic mass is 9.94. The van der Waals surface area contributed by atoms with Crippen LogP contribution in [0.3, 0.4) is 0 Å². The second-order valence-electron chi connectivity index (χ2n) is 4.01. The Bertz CT molecular complexity index is 573. The molecule has 0 radical (unpaired) electrons. The van der Waals surface area contributed by atoms with E-state index in [-0.39, 0.29) is 11.6 Å². The maximum absolute atomic E-state index is 13.5. The maximum atomic E-state index is 13.5. The van der Waals surface area contributed by atoms with Gasteiger partial charge in [0.25, 0.3) is 0 Å². The third-order valence-corrected chi connectivity index (χ3v) is 2.86. The summed E-state index contributed by atoms with van der Waals surface area (Å²) in [7, 11) is 0. The molecule has 0 aliphatic heterocycles. The second kappa shape index (κ2) is 4.50. The van der Waals surface area contributed by atoms with E-state index in [9.17, 15) is 9.18 Å². The van der Waals surface area contributed by atoms with Gasteiger partial charge >= 0.3 is 0 Å². The lowest BCUT2D eigenvalue weighted by Gasteiger charge is -2.10. The van der Waals surface area contributed by atoms with Crippen molar-refractivity contribution in [2.24, 2.45) is 0 Å². The van der Waals surface area contributed by atoms with Gasteiger partial charge in [-0.2, -0.15) is 0 Å². The SMILES string of the molecule is CC(=O)c1ccccc1-c1cccc(F)c1C. The second-order valence-corrected chi connectivity index (χ2v) is 4.01. The molecule has 0 spiro atoms. The Kier molecular flexibility index (Phi) is 3.05. The smallest absolute Gasteiger partial charge is 0.160 e. The molecule has 2 aromatic carbocycles. The van der Waals surface area contributed by atoms with E-state index in [0.29, 0.717) is 11.1 Å². The van der Waals surface area contributed by atoms with Crippen LogP contribution in [0.2, 0.25) is 0 Å². The quantitative estimate of drug-likeness (QED) is 0.710.